The predicted molar refractivity (Wildman–Crippen MR) is 268 cm³/mol. The van der Waals surface area contributed by atoms with Gasteiger partial charge in [-0.2, -0.15) is 0 Å². The largest absolute Gasteiger partial charge is 0.456 e. The number of anilines is 6. The molecule has 0 amide bonds. The first-order valence-electron chi connectivity index (χ1n) is 22.4. The average Bonchev–Trinajstić information content (AvgIpc) is 4.04. The molecule has 1 spiro atoms. The number of ether oxygens (including phenoxy) is 1. The van der Waals surface area contributed by atoms with Crippen molar-refractivity contribution in [2.75, 3.05) is 9.80 Å². The van der Waals surface area contributed by atoms with Crippen molar-refractivity contribution in [3.8, 4) is 22.6 Å². The minimum atomic E-state index is -0.729. The Hall–Kier alpha value is -8.80. The van der Waals surface area contributed by atoms with Gasteiger partial charge in [-0.15, -0.1) is 0 Å². The second-order valence-electron chi connectivity index (χ2n) is 17.2. The van der Waals surface area contributed by atoms with Crippen LogP contribution in [-0.4, -0.2) is 0 Å². The van der Waals surface area contributed by atoms with Crippen LogP contribution in [0.3, 0.4) is 0 Å². The summed E-state index contributed by atoms with van der Waals surface area (Å²) in [5.41, 5.74) is 15.6. The molecule has 5 heteroatoms. The quantitative estimate of drug-likeness (QED) is 0.167. The molecule has 1 aliphatic heterocycles. The lowest BCUT2D eigenvalue weighted by atomic mass is 9.66. The van der Waals surface area contributed by atoms with Crippen LogP contribution < -0.4 is 14.5 Å². The first kappa shape index (κ1) is 36.7. The highest BCUT2D eigenvalue weighted by molar-refractivity contribution is 6.10. The zero-order valence-corrected chi connectivity index (χ0v) is 35.6. The van der Waals surface area contributed by atoms with E-state index in [9.17, 15) is 0 Å². The lowest BCUT2D eigenvalue weighted by Gasteiger charge is -2.40. The maximum absolute atomic E-state index is 7.25. The monoisotopic (exact) mass is 846 g/mol. The van der Waals surface area contributed by atoms with Crippen LogP contribution in [0.15, 0.2) is 239 Å². The zero-order chi connectivity index (χ0) is 43.3. The molecule has 0 atom stereocenters. The van der Waals surface area contributed by atoms with Gasteiger partial charge in [-0.3, -0.25) is 0 Å². The van der Waals surface area contributed by atoms with Gasteiger partial charge >= 0.3 is 0 Å². The molecule has 1 aliphatic carbocycles. The summed E-state index contributed by atoms with van der Waals surface area (Å²) in [4.78, 5) is 4.58. The van der Waals surface area contributed by atoms with Gasteiger partial charge in [0.25, 0.3) is 0 Å². The van der Waals surface area contributed by atoms with E-state index in [1.807, 2.05) is 24.3 Å². The van der Waals surface area contributed by atoms with Crippen molar-refractivity contribution < 1.29 is 13.6 Å². The van der Waals surface area contributed by atoms with E-state index < -0.39 is 5.41 Å². The number of benzene rings is 10. The van der Waals surface area contributed by atoms with E-state index in [0.29, 0.717) is 0 Å². The molecule has 2 aromatic heterocycles. The van der Waals surface area contributed by atoms with Crippen LogP contribution in [0.5, 0.6) is 11.5 Å². The van der Waals surface area contributed by atoms with Crippen molar-refractivity contribution in [3.63, 3.8) is 0 Å². The fourth-order valence-corrected chi connectivity index (χ4v) is 10.9. The van der Waals surface area contributed by atoms with Crippen molar-refractivity contribution in [1.82, 2.24) is 0 Å². The standard InChI is InChI=1S/C61H38N2O3/c1-4-16-39(17-5-1)62(40-18-6-2-7-19-40)43-29-32-49-50-33-34-53-60(59(50)66-58(49)38-43)65-56-35-30-42(36-54(56)61(53)51-25-13-10-22-45(51)46-23-11-14-26-52(46)61)63(41-20-8-3-9-21-41)44-28-31-48-47-24-12-15-27-55(47)64-57(48)37-44/h1-38H. The van der Waals surface area contributed by atoms with Gasteiger partial charge in [-0.25, -0.2) is 0 Å². The second kappa shape index (κ2) is 14.1. The number of hydrogen-bond acceptors (Lipinski definition) is 5. The highest BCUT2D eigenvalue weighted by Crippen LogP contribution is 2.64. The van der Waals surface area contributed by atoms with Crippen LogP contribution in [-0.2, 0) is 5.41 Å². The van der Waals surface area contributed by atoms with Crippen LogP contribution in [0.1, 0.15) is 22.3 Å². The van der Waals surface area contributed by atoms with E-state index in [-0.39, 0.29) is 0 Å². The van der Waals surface area contributed by atoms with Crippen LogP contribution in [0.25, 0.3) is 55.0 Å². The zero-order valence-electron chi connectivity index (χ0n) is 35.6. The van der Waals surface area contributed by atoms with Gasteiger partial charge in [0, 0.05) is 78.9 Å². The van der Waals surface area contributed by atoms with E-state index in [4.69, 9.17) is 13.6 Å². The average molecular weight is 847 g/mol. The van der Waals surface area contributed by atoms with Crippen LogP contribution in [0, 0.1) is 0 Å². The van der Waals surface area contributed by atoms with Gasteiger partial charge in [-0.05, 0) is 113 Å². The number of fused-ring (bicyclic) bond motifs is 16. The Bertz CT molecular complexity index is 3790. The number of furan rings is 2. The first-order valence-corrected chi connectivity index (χ1v) is 22.4. The SMILES string of the molecule is c1ccc(N(c2ccc3c(c2)C2(c4ccccc4-c4ccccc42)c2ccc4c(oc5cc(N(c6ccccc6)c6ccccc6)ccc54)c2O3)c2ccc3c(c2)oc2ccccc23)cc1. The Balaban J connectivity index is 0.991. The number of hydrogen-bond donors (Lipinski definition) is 0. The molecule has 66 heavy (non-hydrogen) atoms. The van der Waals surface area contributed by atoms with E-state index in [1.165, 1.54) is 22.3 Å². The van der Waals surface area contributed by atoms with Gasteiger partial charge in [0.05, 0.1) is 5.41 Å². The summed E-state index contributed by atoms with van der Waals surface area (Å²) >= 11 is 0. The highest BCUT2D eigenvalue weighted by atomic mass is 16.5. The molecule has 0 N–H and O–H groups in total. The molecule has 0 bridgehead atoms. The fourth-order valence-electron chi connectivity index (χ4n) is 10.9. The molecule has 5 nitrogen and oxygen atoms in total. The van der Waals surface area contributed by atoms with E-state index >= 15 is 0 Å². The molecule has 310 valence electrons. The Morgan fingerprint density at radius 1 is 0.303 bits per heavy atom. The third kappa shape index (κ3) is 5.22. The molecule has 0 unspecified atom stereocenters. The van der Waals surface area contributed by atoms with E-state index in [0.717, 1.165) is 101 Å². The summed E-state index contributed by atoms with van der Waals surface area (Å²) in [6, 6.07) is 81.7. The maximum atomic E-state index is 7.25. The molecule has 14 rings (SSSR count). The molecule has 12 aromatic rings. The highest BCUT2D eigenvalue weighted by Gasteiger charge is 2.52. The van der Waals surface area contributed by atoms with Crippen LogP contribution in [0.2, 0.25) is 0 Å². The van der Waals surface area contributed by atoms with E-state index in [1.54, 1.807) is 0 Å². The molecule has 0 saturated carbocycles. The van der Waals surface area contributed by atoms with Crippen molar-refractivity contribution in [2.24, 2.45) is 0 Å². The summed E-state index contributed by atoms with van der Waals surface area (Å²) in [6.07, 6.45) is 0. The van der Waals surface area contributed by atoms with Crippen LogP contribution >= 0.6 is 0 Å². The molecule has 0 radical (unpaired) electrons. The Kier molecular flexibility index (Phi) is 7.83. The van der Waals surface area contributed by atoms with Crippen molar-refractivity contribution >= 4 is 78.0 Å². The minimum absolute atomic E-state index is 0.728. The summed E-state index contributed by atoms with van der Waals surface area (Å²) in [5, 5.41) is 4.24. The number of nitrogens with zero attached hydrogens (tertiary/aromatic N) is 2. The Labute approximate surface area is 380 Å². The molecule has 3 heterocycles. The van der Waals surface area contributed by atoms with E-state index in [2.05, 4.69) is 216 Å². The normalized spacial score (nSPS) is 13.1. The molecule has 0 saturated heterocycles. The Morgan fingerprint density at radius 3 is 1.41 bits per heavy atom. The number of rotatable bonds is 6. The first-order chi connectivity index (χ1) is 32.7. The maximum Gasteiger partial charge on any atom is 0.178 e. The van der Waals surface area contributed by atoms with Gasteiger partial charge in [0.1, 0.15) is 22.5 Å². The van der Waals surface area contributed by atoms with Gasteiger partial charge < -0.3 is 23.4 Å². The summed E-state index contributed by atoms with van der Waals surface area (Å²) in [6.45, 7) is 0. The van der Waals surface area contributed by atoms with Crippen molar-refractivity contribution in [2.45, 2.75) is 5.41 Å². The van der Waals surface area contributed by atoms with Crippen molar-refractivity contribution in [3.05, 3.63) is 253 Å². The molecular weight excluding hydrogens is 809 g/mol. The molecule has 0 fully saturated rings. The topological polar surface area (TPSA) is 42.0 Å². The van der Waals surface area contributed by atoms with Crippen molar-refractivity contribution in [1.29, 1.82) is 0 Å². The smallest absolute Gasteiger partial charge is 0.178 e. The van der Waals surface area contributed by atoms with Gasteiger partial charge in [0.15, 0.2) is 11.3 Å². The third-order valence-corrected chi connectivity index (χ3v) is 13.7. The second-order valence-corrected chi connectivity index (χ2v) is 17.2. The summed E-state index contributed by atoms with van der Waals surface area (Å²) in [7, 11) is 0. The molecular formula is C61H38N2O3. The molecule has 2 aliphatic rings. The summed E-state index contributed by atoms with van der Waals surface area (Å²) < 4.78 is 20.8. The van der Waals surface area contributed by atoms with Gasteiger partial charge in [-0.1, -0.05) is 127 Å². The van der Waals surface area contributed by atoms with Crippen LogP contribution in [0.4, 0.5) is 34.1 Å². The number of para-hydroxylation sites is 4. The fraction of sp³-hybridized carbons (Fsp3) is 0.0164. The molecule has 10 aromatic carbocycles. The minimum Gasteiger partial charge on any atom is -0.456 e. The third-order valence-electron chi connectivity index (χ3n) is 13.7. The summed E-state index contributed by atoms with van der Waals surface area (Å²) in [5.74, 6) is 1.52. The lowest BCUT2D eigenvalue weighted by molar-refractivity contribution is 0.433. The lowest BCUT2D eigenvalue weighted by Crippen LogP contribution is -2.32. The Morgan fingerprint density at radius 2 is 0.773 bits per heavy atom. The predicted octanol–water partition coefficient (Wildman–Crippen LogP) is 16.9. The van der Waals surface area contributed by atoms with Gasteiger partial charge in [0.2, 0.25) is 0 Å².